The molecule has 0 aliphatic rings. The van der Waals surface area contributed by atoms with Gasteiger partial charge in [-0.2, -0.15) is 0 Å². The fraction of sp³-hybridized carbons (Fsp3) is 0.278. The Morgan fingerprint density at radius 3 is 2.66 bits per heavy atom. The van der Waals surface area contributed by atoms with Crippen LogP contribution in [-0.4, -0.2) is 38.0 Å². The van der Waals surface area contributed by atoms with Crippen LogP contribution in [0.3, 0.4) is 0 Å². The highest BCUT2D eigenvalue weighted by Gasteiger charge is 2.18. The Morgan fingerprint density at radius 1 is 1.25 bits per heavy atom. The van der Waals surface area contributed by atoms with Crippen LogP contribution < -0.4 is 26.8 Å². The van der Waals surface area contributed by atoms with E-state index in [9.17, 15) is 18.0 Å². The molecular weight excluding hydrogens is 483 g/mol. The zero-order chi connectivity index (χ0) is 23.9. The molecule has 1 aromatic heterocycles. The Kier molecular flexibility index (Phi) is 8.89. The van der Waals surface area contributed by atoms with Gasteiger partial charge in [0.1, 0.15) is 12.2 Å². The number of sulfonamides is 1. The quantitative estimate of drug-likeness (QED) is 0.139. The molecule has 14 heteroatoms. The maximum Gasteiger partial charge on any atom is 0.275 e. The summed E-state index contributed by atoms with van der Waals surface area (Å²) in [5.41, 5.74) is 7.00. The monoisotopic (exact) mass is 504 g/mol. The first kappa shape index (κ1) is 25.5. The Labute approximate surface area is 194 Å². The molecule has 2 aromatic rings. The minimum absolute atomic E-state index is 0.0328. The number of hydrogen-bond acceptors (Lipinski definition) is 6. The molecule has 2 rings (SSSR count). The van der Waals surface area contributed by atoms with Crippen LogP contribution in [0.4, 0.5) is 5.69 Å². The van der Waals surface area contributed by atoms with Crippen molar-refractivity contribution in [1.29, 1.82) is 5.41 Å². The Balaban J connectivity index is 2.08. The van der Waals surface area contributed by atoms with Crippen LogP contribution in [0.15, 0.2) is 35.1 Å². The molecule has 0 spiro atoms. The molecule has 1 aromatic carbocycles. The number of aryl methyl sites for hydroxylation is 1. The topological polar surface area (TPSA) is 168 Å². The van der Waals surface area contributed by atoms with Gasteiger partial charge >= 0.3 is 0 Å². The predicted molar refractivity (Wildman–Crippen MR) is 122 cm³/mol. The summed E-state index contributed by atoms with van der Waals surface area (Å²) >= 11 is 11.9. The summed E-state index contributed by atoms with van der Waals surface area (Å²) in [6.07, 6.45) is 0. The van der Waals surface area contributed by atoms with Gasteiger partial charge in [0.15, 0.2) is 0 Å². The zero-order valence-corrected chi connectivity index (χ0v) is 19.3. The number of aromatic nitrogens is 1. The van der Waals surface area contributed by atoms with E-state index in [1.807, 2.05) is 0 Å². The molecule has 0 fully saturated rings. The van der Waals surface area contributed by atoms with Crippen LogP contribution in [0.1, 0.15) is 11.3 Å². The minimum atomic E-state index is -3.99. The number of hydroxylamine groups is 1. The summed E-state index contributed by atoms with van der Waals surface area (Å²) in [6, 6.07) is 7.27. The van der Waals surface area contributed by atoms with Crippen molar-refractivity contribution in [3.8, 4) is 0 Å². The van der Waals surface area contributed by atoms with E-state index >= 15 is 0 Å². The van der Waals surface area contributed by atoms with Gasteiger partial charge in [-0.3, -0.25) is 24.6 Å². The number of nitrogens with one attached hydrogen (secondary N) is 4. The predicted octanol–water partition coefficient (Wildman–Crippen LogP) is 0.936. The highest BCUT2D eigenvalue weighted by molar-refractivity contribution is 7.91. The van der Waals surface area contributed by atoms with Gasteiger partial charge in [0.05, 0.1) is 12.4 Å². The first-order chi connectivity index (χ1) is 15.0. The molecule has 0 aliphatic carbocycles. The third kappa shape index (κ3) is 7.71. The SMILES string of the molecule is Cc1ccc(NS(=O)(=O)Cc2cc(Cl)ccc2Cl)c(=O)n1CC(=O)NCCONC(=N)N. The maximum atomic E-state index is 12.8. The lowest BCUT2D eigenvalue weighted by molar-refractivity contribution is -0.122. The van der Waals surface area contributed by atoms with Crippen LogP contribution >= 0.6 is 23.2 Å². The van der Waals surface area contributed by atoms with E-state index in [-0.39, 0.29) is 41.9 Å². The largest absolute Gasteiger partial charge is 0.368 e. The van der Waals surface area contributed by atoms with Gasteiger partial charge < -0.3 is 15.6 Å². The van der Waals surface area contributed by atoms with Gasteiger partial charge in [-0.05, 0) is 42.8 Å². The average Bonchev–Trinajstić information content (AvgIpc) is 2.69. The lowest BCUT2D eigenvalue weighted by atomic mass is 10.2. The zero-order valence-electron chi connectivity index (χ0n) is 16.9. The second kappa shape index (κ2) is 11.2. The molecule has 174 valence electrons. The van der Waals surface area contributed by atoms with E-state index in [1.165, 1.54) is 30.3 Å². The summed E-state index contributed by atoms with van der Waals surface area (Å²) in [6.45, 7) is 1.41. The Bertz CT molecular complexity index is 1170. The molecule has 0 unspecified atom stereocenters. The summed E-state index contributed by atoms with van der Waals surface area (Å²) in [4.78, 5) is 29.7. The number of nitrogens with two attached hydrogens (primary N) is 1. The number of rotatable bonds is 10. The molecule has 0 radical (unpaired) electrons. The van der Waals surface area contributed by atoms with Crippen LogP contribution in [0, 0.1) is 12.3 Å². The highest BCUT2D eigenvalue weighted by Crippen LogP contribution is 2.23. The third-order valence-corrected chi connectivity index (χ3v) is 5.85. The van der Waals surface area contributed by atoms with Crippen LogP contribution in [-0.2, 0) is 32.0 Å². The van der Waals surface area contributed by atoms with Crippen molar-refractivity contribution in [2.45, 2.75) is 19.2 Å². The smallest absolute Gasteiger partial charge is 0.275 e. The highest BCUT2D eigenvalue weighted by atomic mass is 35.5. The Hall–Kier alpha value is -2.80. The number of anilines is 1. The number of nitrogens with zero attached hydrogens (tertiary/aromatic N) is 1. The van der Waals surface area contributed by atoms with E-state index in [1.54, 1.807) is 6.92 Å². The molecule has 0 atom stereocenters. The van der Waals surface area contributed by atoms with E-state index in [0.717, 1.165) is 4.57 Å². The van der Waals surface area contributed by atoms with Crippen molar-refractivity contribution in [1.82, 2.24) is 15.4 Å². The van der Waals surface area contributed by atoms with Crippen molar-refractivity contribution >= 4 is 50.8 Å². The third-order valence-electron chi connectivity index (χ3n) is 4.02. The molecule has 0 bridgehead atoms. The van der Waals surface area contributed by atoms with Crippen molar-refractivity contribution in [2.75, 3.05) is 17.9 Å². The van der Waals surface area contributed by atoms with Gasteiger partial charge in [-0.1, -0.05) is 23.2 Å². The molecule has 1 amide bonds. The van der Waals surface area contributed by atoms with Crippen LogP contribution in [0.5, 0.6) is 0 Å². The fourth-order valence-electron chi connectivity index (χ4n) is 2.58. The molecule has 0 aliphatic heterocycles. The number of guanidine groups is 1. The van der Waals surface area contributed by atoms with Crippen molar-refractivity contribution < 1.29 is 18.0 Å². The summed E-state index contributed by atoms with van der Waals surface area (Å²) in [5.74, 6) is -1.36. The normalized spacial score (nSPS) is 11.1. The molecule has 0 saturated carbocycles. The Morgan fingerprint density at radius 2 is 1.97 bits per heavy atom. The first-order valence-corrected chi connectivity index (χ1v) is 11.5. The number of pyridine rings is 1. The van der Waals surface area contributed by atoms with Crippen molar-refractivity contribution in [3.63, 3.8) is 0 Å². The molecule has 6 N–H and O–H groups in total. The second-order valence-corrected chi connectivity index (χ2v) is 9.16. The van der Waals surface area contributed by atoms with Gasteiger partial charge in [-0.15, -0.1) is 0 Å². The lowest BCUT2D eigenvalue weighted by Crippen LogP contribution is -2.37. The van der Waals surface area contributed by atoms with E-state index < -0.39 is 27.2 Å². The van der Waals surface area contributed by atoms with Crippen LogP contribution in [0.2, 0.25) is 10.0 Å². The van der Waals surface area contributed by atoms with Gasteiger partial charge in [0, 0.05) is 22.3 Å². The second-order valence-electron chi connectivity index (χ2n) is 6.59. The first-order valence-electron chi connectivity index (χ1n) is 9.12. The van der Waals surface area contributed by atoms with E-state index in [2.05, 4.69) is 15.5 Å². The number of carbonyl (C=O) groups excluding carboxylic acids is 1. The van der Waals surface area contributed by atoms with E-state index in [0.29, 0.717) is 10.7 Å². The molecular formula is C18H22Cl2N6O5S. The number of amides is 1. The standard InChI is InChI=1S/C18H22Cl2N6O5S/c1-11-2-5-15(25-32(29,30)10-12-8-13(19)3-4-14(12)20)17(28)26(11)9-16(27)23-6-7-31-24-18(21)22/h2-5,8,25H,6-7,9-10H2,1H3,(H,23,27)(H4,21,22,24). The van der Waals surface area contributed by atoms with Gasteiger partial charge in [0.25, 0.3) is 5.56 Å². The molecule has 11 nitrogen and oxygen atoms in total. The average molecular weight is 505 g/mol. The summed E-state index contributed by atoms with van der Waals surface area (Å²) in [5, 5.41) is 10.0. The molecule has 1 heterocycles. The summed E-state index contributed by atoms with van der Waals surface area (Å²) < 4.78 is 28.5. The van der Waals surface area contributed by atoms with Crippen LogP contribution in [0.25, 0.3) is 0 Å². The number of halogens is 2. The van der Waals surface area contributed by atoms with E-state index in [4.69, 9.17) is 39.2 Å². The fourth-order valence-corrected chi connectivity index (χ4v) is 4.25. The number of carbonyl (C=O) groups is 1. The van der Waals surface area contributed by atoms with Gasteiger partial charge in [-0.25, -0.2) is 13.9 Å². The maximum absolute atomic E-state index is 12.8. The number of hydrogen-bond donors (Lipinski definition) is 5. The minimum Gasteiger partial charge on any atom is -0.368 e. The van der Waals surface area contributed by atoms with Crippen molar-refractivity contribution in [3.05, 3.63) is 62.0 Å². The van der Waals surface area contributed by atoms with Crippen molar-refractivity contribution in [2.24, 2.45) is 5.73 Å². The summed E-state index contributed by atoms with van der Waals surface area (Å²) in [7, 11) is -3.99. The number of benzene rings is 1. The molecule has 32 heavy (non-hydrogen) atoms. The van der Waals surface area contributed by atoms with Gasteiger partial charge in [0.2, 0.25) is 21.9 Å². The lowest BCUT2D eigenvalue weighted by Gasteiger charge is -2.14. The molecule has 0 saturated heterocycles.